The molecule has 0 bridgehead atoms. The average molecular weight is 235 g/mol. The Hall–Kier alpha value is -1.55. The quantitative estimate of drug-likeness (QED) is 0.856. The number of nitrogens with zero attached hydrogens (tertiary/aromatic N) is 1. The number of hydrogen-bond acceptors (Lipinski definition) is 3. The predicted molar refractivity (Wildman–Crippen MR) is 63.8 cm³/mol. The molecule has 0 aliphatic carbocycles. The molecule has 1 atom stereocenters. The van der Waals surface area contributed by atoms with Crippen molar-refractivity contribution in [3.8, 4) is 5.75 Å². The first-order valence-electron chi connectivity index (χ1n) is 5.77. The molecule has 1 unspecified atom stereocenters. The highest BCUT2D eigenvalue weighted by Gasteiger charge is 2.25. The molecule has 1 aliphatic rings. The predicted octanol–water partition coefficient (Wildman–Crippen LogP) is 1.18. The Morgan fingerprint density at radius 1 is 1.59 bits per heavy atom. The van der Waals surface area contributed by atoms with Gasteiger partial charge in [-0.1, -0.05) is 12.1 Å². The van der Waals surface area contributed by atoms with Gasteiger partial charge in [0.1, 0.15) is 5.75 Å². The topological polar surface area (TPSA) is 49.8 Å². The van der Waals surface area contributed by atoms with Gasteiger partial charge in [0.25, 0.3) is 0 Å². The van der Waals surface area contributed by atoms with Crippen LogP contribution in [-0.2, 0) is 16.0 Å². The minimum absolute atomic E-state index is 0.0927. The molecule has 4 nitrogen and oxygen atoms in total. The average Bonchev–Trinajstić information content (AvgIpc) is 2.77. The van der Waals surface area contributed by atoms with Crippen LogP contribution in [0.15, 0.2) is 24.3 Å². The van der Waals surface area contributed by atoms with E-state index in [1.807, 2.05) is 11.0 Å². The molecule has 1 saturated heterocycles. The summed E-state index contributed by atoms with van der Waals surface area (Å²) >= 11 is 0. The van der Waals surface area contributed by atoms with Crippen molar-refractivity contribution in [1.82, 2.24) is 4.90 Å². The first-order chi connectivity index (χ1) is 8.19. The minimum atomic E-state index is 0.0927. The van der Waals surface area contributed by atoms with Crippen molar-refractivity contribution < 1.29 is 14.6 Å². The molecule has 0 radical (unpaired) electrons. The van der Waals surface area contributed by atoms with Crippen LogP contribution in [0.4, 0.5) is 0 Å². The smallest absolute Gasteiger partial charge is 0.227 e. The highest BCUT2D eigenvalue weighted by molar-refractivity contribution is 5.79. The molecule has 17 heavy (non-hydrogen) atoms. The normalized spacial score (nSPS) is 19.6. The molecule has 1 aromatic carbocycles. The van der Waals surface area contributed by atoms with Gasteiger partial charge in [-0.25, -0.2) is 0 Å². The lowest BCUT2D eigenvalue weighted by Crippen LogP contribution is -2.31. The highest BCUT2D eigenvalue weighted by Crippen LogP contribution is 2.16. The molecule has 1 aromatic rings. The van der Waals surface area contributed by atoms with E-state index in [4.69, 9.17) is 4.74 Å². The Kier molecular flexibility index (Phi) is 3.64. The van der Waals surface area contributed by atoms with Crippen molar-refractivity contribution >= 4 is 5.91 Å². The Balaban J connectivity index is 1.93. The summed E-state index contributed by atoms with van der Waals surface area (Å²) in [7, 11) is 1.67. The van der Waals surface area contributed by atoms with Crippen molar-refractivity contribution in [2.45, 2.75) is 18.9 Å². The Morgan fingerprint density at radius 2 is 2.41 bits per heavy atom. The molecule has 92 valence electrons. The lowest BCUT2D eigenvalue weighted by atomic mass is 10.1. The third-order valence-corrected chi connectivity index (χ3v) is 3.10. The molecular formula is C13H17NO3. The van der Waals surface area contributed by atoms with E-state index >= 15 is 0 Å². The molecule has 0 aromatic heterocycles. The summed E-state index contributed by atoms with van der Waals surface area (Å²) in [6, 6.07) is 6.83. The zero-order valence-electron chi connectivity index (χ0n) is 9.93. The van der Waals surface area contributed by atoms with Crippen LogP contribution in [0.1, 0.15) is 12.0 Å². The summed E-state index contributed by atoms with van der Waals surface area (Å²) in [6.07, 6.45) is 1.41. The van der Waals surface area contributed by atoms with Crippen molar-refractivity contribution in [3.63, 3.8) is 0 Å². The lowest BCUT2D eigenvalue weighted by Gasteiger charge is -2.16. The number of aromatic hydroxyl groups is 1. The van der Waals surface area contributed by atoms with Gasteiger partial charge < -0.3 is 14.7 Å². The first kappa shape index (κ1) is 11.9. The third-order valence-electron chi connectivity index (χ3n) is 3.10. The molecule has 1 aliphatic heterocycles. The fraction of sp³-hybridized carbons (Fsp3) is 0.462. The van der Waals surface area contributed by atoms with Gasteiger partial charge in [0.15, 0.2) is 0 Å². The van der Waals surface area contributed by atoms with Crippen LogP contribution in [0, 0.1) is 0 Å². The van der Waals surface area contributed by atoms with Gasteiger partial charge in [-0.15, -0.1) is 0 Å². The van der Waals surface area contributed by atoms with E-state index in [1.54, 1.807) is 25.3 Å². The number of likely N-dealkylation sites (tertiary alicyclic amines) is 1. The first-order valence-corrected chi connectivity index (χ1v) is 5.77. The third kappa shape index (κ3) is 2.97. The highest BCUT2D eigenvalue weighted by atomic mass is 16.5. The fourth-order valence-electron chi connectivity index (χ4n) is 2.10. The second-order valence-corrected chi connectivity index (χ2v) is 4.33. The zero-order chi connectivity index (χ0) is 12.3. The van der Waals surface area contributed by atoms with Crippen molar-refractivity contribution in [2.24, 2.45) is 0 Å². The van der Waals surface area contributed by atoms with E-state index in [0.717, 1.165) is 18.5 Å². The van der Waals surface area contributed by atoms with Crippen molar-refractivity contribution in [2.75, 3.05) is 20.2 Å². The molecule has 1 fully saturated rings. The van der Waals surface area contributed by atoms with Crippen LogP contribution in [0.25, 0.3) is 0 Å². The second-order valence-electron chi connectivity index (χ2n) is 4.33. The van der Waals surface area contributed by atoms with Crippen molar-refractivity contribution in [3.05, 3.63) is 29.8 Å². The Bertz CT molecular complexity index is 405. The largest absolute Gasteiger partial charge is 0.508 e. The number of carbonyl (C=O) groups excluding carboxylic acids is 1. The maximum absolute atomic E-state index is 12.0. The van der Waals surface area contributed by atoms with E-state index in [-0.39, 0.29) is 17.8 Å². The fourth-order valence-corrected chi connectivity index (χ4v) is 2.10. The molecule has 1 N–H and O–H groups in total. The molecular weight excluding hydrogens is 218 g/mol. The number of methoxy groups -OCH3 is 1. The molecule has 1 heterocycles. The summed E-state index contributed by atoms with van der Waals surface area (Å²) in [5.41, 5.74) is 0.843. The van der Waals surface area contributed by atoms with Crippen LogP contribution < -0.4 is 0 Å². The summed E-state index contributed by atoms with van der Waals surface area (Å²) in [5.74, 6) is 0.293. The van der Waals surface area contributed by atoms with Gasteiger partial charge in [0, 0.05) is 20.2 Å². The Morgan fingerprint density at radius 3 is 3.06 bits per heavy atom. The maximum Gasteiger partial charge on any atom is 0.227 e. The molecule has 2 rings (SSSR count). The molecule has 4 heteroatoms. The van der Waals surface area contributed by atoms with Crippen LogP contribution in [0.3, 0.4) is 0 Å². The van der Waals surface area contributed by atoms with E-state index in [9.17, 15) is 9.90 Å². The number of amides is 1. The summed E-state index contributed by atoms with van der Waals surface area (Å²) in [5, 5.41) is 9.33. The number of carbonyl (C=O) groups is 1. The van der Waals surface area contributed by atoms with Gasteiger partial charge in [0.05, 0.1) is 12.5 Å². The SMILES string of the molecule is COC1CCN(C(=O)Cc2cccc(O)c2)C1. The number of benzene rings is 1. The molecule has 0 spiro atoms. The Labute approximate surface area is 101 Å². The summed E-state index contributed by atoms with van der Waals surface area (Å²) in [6.45, 7) is 1.43. The number of hydrogen-bond donors (Lipinski definition) is 1. The number of phenols is 1. The summed E-state index contributed by atoms with van der Waals surface area (Å²) < 4.78 is 5.23. The van der Waals surface area contributed by atoms with Crippen LogP contribution in [-0.4, -0.2) is 42.2 Å². The molecule has 0 saturated carbocycles. The van der Waals surface area contributed by atoms with E-state index in [0.29, 0.717) is 13.0 Å². The maximum atomic E-state index is 12.0. The van der Waals surface area contributed by atoms with Gasteiger partial charge >= 0.3 is 0 Å². The second kappa shape index (κ2) is 5.19. The molecule has 1 amide bonds. The van der Waals surface area contributed by atoms with Gasteiger partial charge in [-0.2, -0.15) is 0 Å². The van der Waals surface area contributed by atoms with Crippen LogP contribution in [0.2, 0.25) is 0 Å². The number of rotatable bonds is 3. The van der Waals surface area contributed by atoms with E-state index < -0.39 is 0 Å². The van der Waals surface area contributed by atoms with Crippen molar-refractivity contribution in [1.29, 1.82) is 0 Å². The number of ether oxygens (including phenoxy) is 1. The summed E-state index contributed by atoms with van der Waals surface area (Å²) in [4.78, 5) is 13.8. The zero-order valence-corrected chi connectivity index (χ0v) is 9.93. The lowest BCUT2D eigenvalue weighted by molar-refractivity contribution is -0.129. The van der Waals surface area contributed by atoms with Gasteiger partial charge in [-0.05, 0) is 24.1 Å². The van der Waals surface area contributed by atoms with E-state index in [2.05, 4.69) is 0 Å². The van der Waals surface area contributed by atoms with Gasteiger partial charge in [-0.3, -0.25) is 4.79 Å². The minimum Gasteiger partial charge on any atom is -0.508 e. The van der Waals surface area contributed by atoms with E-state index in [1.165, 1.54) is 0 Å². The van der Waals surface area contributed by atoms with Gasteiger partial charge in [0.2, 0.25) is 5.91 Å². The van der Waals surface area contributed by atoms with Crippen LogP contribution in [0.5, 0.6) is 5.75 Å². The standard InChI is InChI=1S/C13H17NO3/c1-17-12-5-6-14(9-12)13(16)8-10-3-2-4-11(15)7-10/h2-4,7,12,15H,5-6,8-9H2,1H3. The monoisotopic (exact) mass is 235 g/mol. The number of phenolic OH excluding ortho intramolecular Hbond substituents is 1. The van der Waals surface area contributed by atoms with Crippen LogP contribution >= 0.6 is 0 Å².